The van der Waals surface area contributed by atoms with E-state index in [-0.39, 0.29) is 6.42 Å². The maximum Gasteiger partial charge on any atom is 0.416 e. The van der Waals surface area contributed by atoms with Crippen molar-refractivity contribution in [1.29, 1.82) is 0 Å². The fourth-order valence-electron chi connectivity index (χ4n) is 2.19. The summed E-state index contributed by atoms with van der Waals surface area (Å²) in [6.45, 7) is 1.86. The molecule has 0 radical (unpaired) electrons. The maximum atomic E-state index is 12.7. The van der Waals surface area contributed by atoms with Gasteiger partial charge in [-0.25, -0.2) is 0 Å². The van der Waals surface area contributed by atoms with Gasteiger partial charge < -0.3 is 4.52 Å². The summed E-state index contributed by atoms with van der Waals surface area (Å²) in [5.74, 6) is 0.655. The number of nitrogens with zero attached hydrogens (tertiary/aromatic N) is 3. The predicted octanol–water partition coefficient (Wildman–Crippen LogP) is 4.05. The molecule has 0 fully saturated rings. The van der Waals surface area contributed by atoms with Crippen LogP contribution in [0.15, 0.2) is 47.2 Å². The van der Waals surface area contributed by atoms with Crippen molar-refractivity contribution in [2.45, 2.75) is 19.5 Å². The zero-order valence-electron chi connectivity index (χ0n) is 12.1. The van der Waals surface area contributed by atoms with E-state index in [1.54, 1.807) is 24.5 Å². The van der Waals surface area contributed by atoms with E-state index in [0.29, 0.717) is 17.3 Å². The lowest BCUT2D eigenvalue weighted by Gasteiger charge is -2.07. The number of benzene rings is 1. The van der Waals surface area contributed by atoms with Crippen molar-refractivity contribution in [1.82, 2.24) is 15.1 Å². The number of rotatable bonds is 3. The molecule has 4 nitrogen and oxygen atoms in total. The van der Waals surface area contributed by atoms with Gasteiger partial charge in [0.15, 0.2) is 5.82 Å². The molecular formula is C16H12F3N3O. The van der Waals surface area contributed by atoms with Crippen molar-refractivity contribution in [3.8, 4) is 11.5 Å². The maximum absolute atomic E-state index is 12.7. The number of aryl methyl sites for hydroxylation is 1. The predicted molar refractivity (Wildman–Crippen MR) is 76.5 cm³/mol. The van der Waals surface area contributed by atoms with Crippen molar-refractivity contribution in [3.05, 3.63) is 65.2 Å². The molecule has 2 aromatic heterocycles. The Morgan fingerprint density at radius 1 is 1.17 bits per heavy atom. The number of alkyl halides is 3. The van der Waals surface area contributed by atoms with Crippen LogP contribution in [0.5, 0.6) is 0 Å². The van der Waals surface area contributed by atoms with Gasteiger partial charge in [0, 0.05) is 24.4 Å². The Morgan fingerprint density at radius 3 is 2.74 bits per heavy atom. The Morgan fingerprint density at radius 2 is 2.00 bits per heavy atom. The van der Waals surface area contributed by atoms with Crippen LogP contribution in [0.2, 0.25) is 0 Å². The van der Waals surface area contributed by atoms with Crippen molar-refractivity contribution in [3.63, 3.8) is 0 Å². The lowest BCUT2D eigenvalue weighted by atomic mass is 10.1. The molecule has 2 heterocycles. The summed E-state index contributed by atoms with van der Waals surface area (Å²) in [5.41, 5.74) is 1.41. The van der Waals surface area contributed by atoms with E-state index in [2.05, 4.69) is 15.1 Å². The second-order valence-corrected chi connectivity index (χ2v) is 5.08. The quantitative estimate of drug-likeness (QED) is 0.731. The van der Waals surface area contributed by atoms with E-state index in [0.717, 1.165) is 23.3 Å². The van der Waals surface area contributed by atoms with Crippen LogP contribution in [0.1, 0.15) is 22.5 Å². The Bertz CT molecular complexity index is 827. The molecule has 3 aromatic rings. The average Bonchev–Trinajstić information content (AvgIpc) is 2.95. The number of aromatic nitrogens is 3. The first-order valence-corrected chi connectivity index (χ1v) is 6.83. The summed E-state index contributed by atoms with van der Waals surface area (Å²) in [6.07, 6.45) is -0.921. The van der Waals surface area contributed by atoms with E-state index in [4.69, 9.17) is 4.52 Å². The molecule has 0 saturated carbocycles. The smallest absolute Gasteiger partial charge is 0.334 e. The first-order chi connectivity index (χ1) is 10.9. The Kier molecular flexibility index (Phi) is 3.85. The van der Waals surface area contributed by atoms with Crippen LogP contribution < -0.4 is 0 Å². The second-order valence-electron chi connectivity index (χ2n) is 5.08. The first kappa shape index (κ1) is 15.2. The normalized spacial score (nSPS) is 11.7. The minimum absolute atomic E-state index is 0.164. The molecule has 0 amide bonds. The third-order valence-corrected chi connectivity index (χ3v) is 3.34. The summed E-state index contributed by atoms with van der Waals surface area (Å²) < 4.78 is 43.4. The molecule has 7 heteroatoms. The van der Waals surface area contributed by atoms with Gasteiger partial charge in [-0.15, -0.1) is 0 Å². The Balaban J connectivity index is 1.84. The molecule has 0 unspecified atom stereocenters. The molecule has 0 spiro atoms. The summed E-state index contributed by atoms with van der Waals surface area (Å²) in [7, 11) is 0. The number of hydrogen-bond donors (Lipinski definition) is 0. The third kappa shape index (κ3) is 3.39. The summed E-state index contributed by atoms with van der Waals surface area (Å²) >= 11 is 0. The van der Waals surface area contributed by atoms with Crippen LogP contribution in [0.25, 0.3) is 11.5 Å². The van der Waals surface area contributed by atoms with Gasteiger partial charge in [0.2, 0.25) is 0 Å². The highest BCUT2D eigenvalue weighted by Crippen LogP contribution is 2.30. The molecule has 0 aliphatic carbocycles. The van der Waals surface area contributed by atoms with E-state index >= 15 is 0 Å². The molecular weight excluding hydrogens is 307 g/mol. The highest BCUT2D eigenvalue weighted by atomic mass is 19.4. The van der Waals surface area contributed by atoms with Gasteiger partial charge in [0.1, 0.15) is 0 Å². The minimum atomic E-state index is -4.37. The molecule has 0 bridgehead atoms. The van der Waals surface area contributed by atoms with Gasteiger partial charge in [0.25, 0.3) is 5.89 Å². The molecule has 0 atom stereocenters. The van der Waals surface area contributed by atoms with Crippen LogP contribution in [-0.2, 0) is 12.6 Å². The van der Waals surface area contributed by atoms with Gasteiger partial charge in [-0.1, -0.05) is 23.4 Å². The largest absolute Gasteiger partial charge is 0.416 e. The van der Waals surface area contributed by atoms with Crippen LogP contribution in [-0.4, -0.2) is 15.1 Å². The van der Waals surface area contributed by atoms with E-state index in [9.17, 15) is 13.2 Å². The van der Waals surface area contributed by atoms with Crippen LogP contribution >= 0.6 is 0 Å². The highest BCUT2D eigenvalue weighted by Gasteiger charge is 2.30. The molecule has 3 rings (SSSR count). The van der Waals surface area contributed by atoms with Gasteiger partial charge >= 0.3 is 6.18 Å². The lowest BCUT2D eigenvalue weighted by molar-refractivity contribution is -0.137. The topological polar surface area (TPSA) is 51.8 Å². The molecule has 0 aliphatic heterocycles. The molecule has 1 aromatic carbocycles. The first-order valence-electron chi connectivity index (χ1n) is 6.83. The van der Waals surface area contributed by atoms with E-state index in [1.165, 1.54) is 6.07 Å². The molecule has 118 valence electrons. The highest BCUT2D eigenvalue weighted by molar-refractivity contribution is 5.56. The molecule has 23 heavy (non-hydrogen) atoms. The Hall–Kier alpha value is -2.70. The van der Waals surface area contributed by atoms with E-state index in [1.807, 2.05) is 6.92 Å². The fourth-order valence-corrected chi connectivity index (χ4v) is 2.19. The lowest BCUT2D eigenvalue weighted by Crippen LogP contribution is -2.05. The van der Waals surface area contributed by atoms with Crippen molar-refractivity contribution >= 4 is 0 Å². The van der Waals surface area contributed by atoms with E-state index < -0.39 is 11.7 Å². The number of halogens is 3. The standard InChI is InChI=1S/C16H12F3N3O/c1-10-9-20-6-5-13(10)15-21-14(22-23-15)8-11-3-2-4-12(7-11)16(17,18)19/h2-7,9H,8H2,1H3. The second kappa shape index (κ2) is 5.83. The molecule has 0 N–H and O–H groups in total. The summed E-state index contributed by atoms with van der Waals surface area (Å²) in [4.78, 5) is 8.22. The zero-order chi connectivity index (χ0) is 16.4. The third-order valence-electron chi connectivity index (χ3n) is 3.34. The summed E-state index contributed by atoms with van der Waals surface area (Å²) in [6, 6.07) is 6.84. The number of pyridine rings is 1. The summed E-state index contributed by atoms with van der Waals surface area (Å²) in [5, 5.41) is 3.83. The van der Waals surface area contributed by atoms with Crippen LogP contribution in [0.3, 0.4) is 0 Å². The monoisotopic (exact) mass is 319 g/mol. The molecule has 0 saturated heterocycles. The van der Waals surface area contributed by atoms with Gasteiger partial charge in [-0.05, 0) is 30.2 Å². The van der Waals surface area contributed by atoms with Gasteiger partial charge in [-0.3, -0.25) is 4.98 Å². The SMILES string of the molecule is Cc1cnccc1-c1nc(Cc2cccc(C(F)(F)F)c2)no1. The van der Waals surface area contributed by atoms with Crippen LogP contribution in [0.4, 0.5) is 13.2 Å². The fraction of sp³-hybridized carbons (Fsp3) is 0.188. The minimum Gasteiger partial charge on any atom is -0.334 e. The van der Waals surface area contributed by atoms with Crippen LogP contribution in [0, 0.1) is 6.92 Å². The van der Waals surface area contributed by atoms with Crippen molar-refractivity contribution < 1.29 is 17.7 Å². The van der Waals surface area contributed by atoms with Gasteiger partial charge in [0.05, 0.1) is 5.56 Å². The Labute approximate surface area is 130 Å². The molecule has 0 aliphatic rings. The van der Waals surface area contributed by atoms with Crippen molar-refractivity contribution in [2.24, 2.45) is 0 Å². The number of hydrogen-bond acceptors (Lipinski definition) is 4. The van der Waals surface area contributed by atoms with Crippen molar-refractivity contribution in [2.75, 3.05) is 0 Å². The van der Waals surface area contributed by atoms with Gasteiger partial charge in [-0.2, -0.15) is 18.2 Å². The zero-order valence-corrected chi connectivity index (χ0v) is 12.1. The average molecular weight is 319 g/mol.